The first kappa shape index (κ1) is 22.8. The quantitative estimate of drug-likeness (QED) is 0.285. The SMILES string of the molecule is CCNC(=NCC1(CCOC)CCCC1)NCCc1ccc(Br)o1.I. The number of nitrogens with zero attached hydrogens (tertiary/aromatic N) is 1. The fourth-order valence-corrected chi connectivity index (χ4v) is 3.65. The molecule has 5 nitrogen and oxygen atoms in total. The minimum absolute atomic E-state index is 0. The molecule has 0 unspecified atom stereocenters. The Morgan fingerprint density at radius 3 is 2.68 bits per heavy atom. The lowest BCUT2D eigenvalue weighted by Crippen LogP contribution is -2.39. The third-order valence-electron chi connectivity index (χ3n) is 4.71. The third-order valence-corrected chi connectivity index (χ3v) is 5.14. The van der Waals surface area contributed by atoms with Gasteiger partial charge in [0.2, 0.25) is 0 Å². The highest BCUT2D eigenvalue weighted by atomic mass is 127. The molecular formula is C18H31BrIN3O2. The van der Waals surface area contributed by atoms with Gasteiger partial charge in [-0.05, 0) is 59.7 Å². The Labute approximate surface area is 176 Å². The molecule has 0 radical (unpaired) electrons. The van der Waals surface area contributed by atoms with Gasteiger partial charge in [-0.15, -0.1) is 24.0 Å². The number of guanidine groups is 1. The fourth-order valence-electron chi connectivity index (χ4n) is 3.31. The summed E-state index contributed by atoms with van der Waals surface area (Å²) in [4.78, 5) is 4.86. The zero-order valence-corrected chi connectivity index (χ0v) is 19.2. The molecule has 1 aliphatic carbocycles. The van der Waals surface area contributed by atoms with Gasteiger partial charge in [0, 0.05) is 39.8 Å². The minimum atomic E-state index is 0. The molecular weight excluding hydrogens is 497 g/mol. The van der Waals surface area contributed by atoms with Crippen LogP contribution in [0.2, 0.25) is 0 Å². The van der Waals surface area contributed by atoms with Crippen LogP contribution in [-0.4, -0.2) is 39.3 Å². The van der Waals surface area contributed by atoms with Crippen LogP contribution in [0.15, 0.2) is 26.2 Å². The molecule has 0 aromatic carbocycles. The van der Waals surface area contributed by atoms with Gasteiger partial charge in [-0.3, -0.25) is 4.99 Å². The molecule has 25 heavy (non-hydrogen) atoms. The lowest BCUT2D eigenvalue weighted by molar-refractivity contribution is 0.141. The zero-order valence-electron chi connectivity index (χ0n) is 15.3. The Morgan fingerprint density at radius 2 is 2.08 bits per heavy atom. The van der Waals surface area contributed by atoms with Crippen LogP contribution >= 0.6 is 39.9 Å². The molecule has 1 aromatic heterocycles. The molecule has 2 rings (SSSR count). The topological polar surface area (TPSA) is 58.8 Å². The number of aliphatic imine (C=N–C) groups is 1. The summed E-state index contributed by atoms with van der Waals surface area (Å²) in [5.41, 5.74) is 0.324. The molecule has 7 heteroatoms. The van der Waals surface area contributed by atoms with Crippen molar-refractivity contribution < 1.29 is 9.15 Å². The Bertz CT molecular complexity index is 516. The highest BCUT2D eigenvalue weighted by Gasteiger charge is 2.33. The molecule has 0 aliphatic heterocycles. The van der Waals surface area contributed by atoms with Gasteiger partial charge in [0.1, 0.15) is 5.76 Å². The Morgan fingerprint density at radius 1 is 1.32 bits per heavy atom. The van der Waals surface area contributed by atoms with E-state index in [1.54, 1.807) is 7.11 Å². The zero-order chi connectivity index (χ0) is 17.3. The molecule has 1 aliphatic rings. The average Bonchev–Trinajstić information content (AvgIpc) is 3.20. The largest absolute Gasteiger partial charge is 0.454 e. The first-order valence-corrected chi connectivity index (χ1v) is 9.72. The summed E-state index contributed by atoms with van der Waals surface area (Å²) in [5.74, 6) is 1.87. The number of rotatable bonds is 9. The lowest BCUT2D eigenvalue weighted by Gasteiger charge is -2.27. The van der Waals surface area contributed by atoms with Crippen LogP contribution in [0.1, 0.15) is 44.8 Å². The van der Waals surface area contributed by atoms with Crippen LogP contribution < -0.4 is 10.6 Å². The highest BCUT2D eigenvalue weighted by molar-refractivity contribution is 14.0. The van der Waals surface area contributed by atoms with Crippen LogP contribution in [0.4, 0.5) is 0 Å². The number of ether oxygens (including phenoxy) is 1. The van der Waals surface area contributed by atoms with Crippen molar-refractivity contribution in [2.24, 2.45) is 10.4 Å². The van der Waals surface area contributed by atoms with Gasteiger partial charge in [0.25, 0.3) is 0 Å². The van der Waals surface area contributed by atoms with Crippen molar-refractivity contribution in [2.45, 2.75) is 45.4 Å². The van der Waals surface area contributed by atoms with Crippen molar-refractivity contribution >= 4 is 45.9 Å². The van der Waals surface area contributed by atoms with E-state index in [1.807, 2.05) is 12.1 Å². The first-order chi connectivity index (χ1) is 11.7. The van der Waals surface area contributed by atoms with Crippen LogP contribution in [0.25, 0.3) is 0 Å². The smallest absolute Gasteiger partial charge is 0.191 e. The molecule has 144 valence electrons. The maximum Gasteiger partial charge on any atom is 0.191 e. The first-order valence-electron chi connectivity index (χ1n) is 8.93. The van der Waals surface area contributed by atoms with E-state index in [-0.39, 0.29) is 24.0 Å². The number of hydrogen-bond donors (Lipinski definition) is 2. The van der Waals surface area contributed by atoms with Crippen molar-refractivity contribution in [3.63, 3.8) is 0 Å². The van der Waals surface area contributed by atoms with Crippen molar-refractivity contribution in [3.8, 4) is 0 Å². The Kier molecular flexibility index (Phi) is 11.1. The van der Waals surface area contributed by atoms with Gasteiger partial charge >= 0.3 is 0 Å². The second-order valence-electron chi connectivity index (χ2n) is 6.53. The van der Waals surface area contributed by atoms with E-state index < -0.39 is 0 Å². The van der Waals surface area contributed by atoms with E-state index in [1.165, 1.54) is 25.7 Å². The van der Waals surface area contributed by atoms with Crippen LogP contribution in [-0.2, 0) is 11.2 Å². The van der Waals surface area contributed by atoms with Gasteiger partial charge in [0.05, 0.1) is 0 Å². The van der Waals surface area contributed by atoms with Crippen molar-refractivity contribution in [1.29, 1.82) is 0 Å². The molecule has 1 heterocycles. The summed E-state index contributed by atoms with van der Waals surface area (Å²) in [6.07, 6.45) is 7.10. The van der Waals surface area contributed by atoms with Gasteiger partial charge in [-0.25, -0.2) is 0 Å². The summed E-state index contributed by atoms with van der Waals surface area (Å²) in [5, 5.41) is 6.75. The highest BCUT2D eigenvalue weighted by Crippen LogP contribution is 2.41. The molecule has 1 saturated carbocycles. The minimum Gasteiger partial charge on any atom is -0.454 e. The normalized spacial score (nSPS) is 16.5. The average molecular weight is 528 g/mol. The van der Waals surface area contributed by atoms with Crippen LogP contribution in [0.5, 0.6) is 0 Å². The van der Waals surface area contributed by atoms with Crippen molar-refractivity contribution in [1.82, 2.24) is 10.6 Å². The van der Waals surface area contributed by atoms with E-state index in [0.29, 0.717) is 5.41 Å². The number of nitrogens with one attached hydrogen (secondary N) is 2. The summed E-state index contributed by atoms with van der Waals surface area (Å²) in [6, 6.07) is 3.92. The maximum atomic E-state index is 5.53. The van der Waals surface area contributed by atoms with E-state index in [0.717, 1.165) is 55.5 Å². The molecule has 0 spiro atoms. The third kappa shape index (κ3) is 7.86. The second-order valence-corrected chi connectivity index (χ2v) is 7.31. The van der Waals surface area contributed by atoms with Gasteiger partial charge in [-0.1, -0.05) is 12.8 Å². The van der Waals surface area contributed by atoms with E-state index >= 15 is 0 Å². The fraction of sp³-hybridized carbons (Fsp3) is 0.722. The van der Waals surface area contributed by atoms with Crippen molar-refractivity contribution in [3.05, 3.63) is 22.6 Å². The van der Waals surface area contributed by atoms with Crippen molar-refractivity contribution in [2.75, 3.05) is 33.4 Å². The van der Waals surface area contributed by atoms with Gasteiger partial charge in [-0.2, -0.15) is 0 Å². The van der Waals surface area contributed by atoms with Crippen LogP contribution in [0.3, 0.4) is 0 Å². The molecule has 0 amide bonds. The summed E-state index contributed by atoms with van der Waals surface area (Å²) in [7, 11) is 1.78. The molecule has 1 fully saturated rings. The number of hydrogen-bond acceptors (Lipinski definition) is 3. The lowest BCUT2D eigenvalue weighted by atomic mass is 9.83. The molecule has 0 atom stereocenters. The standard InChI is InChI=1S/C18H30BrN3O2.HI/c1-3-20-17(21-12-8-15-6-7-16(19)24-15)22-14-18(11-13-23-2)9-4-5-10-18;/h6-7H,3-5,8-14H2,1-2H3,(H2,20,21,22);1H. The molecule has 0 bridgehead atoms. The number of halogens is 2. The molecule has 2 N–H and O–H groups in total. The van der Waals surface area contributed by atoms with E-state index in [2.05, 4.69) is 33.5 Å². The Balaban J connectivity index is 0.00000312. The van der Waals surface area contributed by atoms with Gasteiger partial charge < -0.3 is 19.8 Å². The van der Waals surface area contributed by atoms with E-state index in [4.69, 9.17) is 14.1 Å². The number of methoxy groups -OCH3 is 1. The van der Waals surface area contributed by atoms with Crippen LogP contribution in [0, 0.1) is 5.41 Å². The predicted octanol–water partition coefficient (Wildman–Crippen LogP) is 4.35. The second kappa shape index (κ2) is 12.2. The Hall–Kier alpha value is -0.280. The maximum absolute atomic E-state index is 5.53. The monoisotopic (exact) mass is 527 g/mol. The predicted molar refractivity (Wildman–Crippen MR) is 117 cm³/mol. The number of furan rings is 1. The summed E-state index contributed by atoms with van der Waals surface area (Å²) >= 11 is 3.33. The summed E-state index contributed by atoms with van der Waals surface area (Å²) in [6.45, 7) is 5.46. The van der Waals surface area contributed by atoms with E-state index in [9.17, 15) is 0 Å². The molecule has 1 aromatic rings. The summed E-state index contributed by atoms with van der Waals surface area (Å²) < 4.78 is 11.6. The van der Waals surface area contributed by atoms with Gasteiger partial charge in [0.15, 0.2) is 10.6 Å². The molecule has 0 saturated heterocycles.